The molecule has 1 aliphatic heterocycles. The molecule has 5 nitrogen and oxygen atoms in total. The molecular weight excluding hydrogens is 228 g/mol. The van der Waals surface area contributed by atoms with Gasteiger partial charge in [-0.2, -0.15) is 0 Å². The van der Waals surface area contributed by atoms with Crippen molar-refractivity contribution in [3.8, 4) is 0 Å². The number of carboxylic acids is 1. The van der Waals surface area contributed by atoms with E-state index in [2.05, 4.69) is 5.32 Å². The average Bonchev–Trinajstić information content (AvgIpc) is 2.65. The van der Waals surface area contributed by atoms with E-state index >= 15 is 0 Å². The number of allylic oxidation sites excluding steroid dienone is 1. The van der Waals surface area contributed by atoms with Crippen LogP contribution in [0.2, 0.25) is 0 Å². The summed E-state index contributed by atoms with van der Waals surface area (Å²) in [5.41, 5.74) is 1.12. The van der Waals surface area contributed by atoms with E-state index in [1.54, 1.807) is 0 Å². The third-order valence-corrected chi connectivity index (χ3v) is 3.20. The van der Waals surface area contributed by atoms with Crippen LogP contribution in [0.3, 0.4) is 0 Å². The van der Waals surface area contributed by atoms with Gasteiger partial charge in [-0.1, -0.05) is 11.6 Å². The van der Waals surface area contributed by atoms with E-state index in [1.807, 2.05) is 19.9 Å². The van der Waals surface area contributed by atoms with E-state index < -0.39 is 12.0 Å². The summed E-state index contributed by atoms with van der Waals surface area (Å²) in [5, 5.41) is 11.6. The number of hydrogen-bond acceptors (Lipinski definition) is 3. The number of nitrogens with one attached hydrogen (secondary N) is 1. The highest BCUT2D eigenvalue weighted by atomic mass is 32.2. The zero-order valence-corrected chi connectivity index (χ0v) is 10.2. The molecule has 0 unspecified atom stereocenters. The number of urea groups is 1. The lowest BCUT2D eigenvalue weighted by Crippen LogP contribution is -2.46. The summed E-state index contributed by atoms with van der Waals surface area (Å²) in [6, 6.07) is -1.01. The third-order valence-electron chi connectivity index (χ3n) is 2.19. The zero-order chi connectivity index (χ0) is 12.1. The van der Waals surface area contributed by atoms with Gasteiger partial charge in [-0.05, 0) is 13.8 Å². The van der Waals surface area contributed by atoms with Gasteiger partial charge in [-0.3, -0.25) is 0 Å². The fraction of sp³-hybridized carbons (Fsp3) is 0.600. The van der Waals surface area contributed by atoms with Crippen LogP contribution in [0.1, 0.15) is 13.8 Å². The Bertz CT molecular complexity index is 313. The number of amides is 2. The van der Waals surface area contributed by atoms with E-state index in [9.17, 15) is 9.59 Å². The standard InChI is InChI=1S/C10H16N2O3S/c1-7(2)3-4-11-10(15)12-6-16-5-8(12)9(13)14/h3,8H,4-6H2,1-2H3,(H,11,15)(H,13,14)/t8-/m0/s1. The van der Waals surface area contributed by atoms with Gasteiger partial charge in [0.15, 0.2) is 0 Å². The molecule has 0 aliphatic carbocycles. The molecule has 0 aromatic carbocycles. The second-order valence-corrected chi connectivity index (χ2v) is 4.79. The Morgan fingerprint density at radius 3 is 2.81 bits per heavy atom. The van der Waals surface area contributed by atoms with E-state index in [-0.39, 0.29) is 6.03 Å². The van der Waals surface area contributed by atoms with Crippen molar-refractivity contribution in [2.24, 2.45) is 0 Å². The molecule has 1 rings (SSSR count). The molecule has 1 heterocycles. The summed E-state index contributed by atoms with van der Waals surface area (Å²) in [6.07, 6.45) is 1.89. The van der Waals surface area contributed by atoms with Crippen LogP contribution >= 0.6 is 11.8 Å². The van der Waals surface area contributed by atoms with Gasteiger partial charge in [0.25, 0.3) is 0 Å². The first kappa shape index (κ1) is 12.9. The fourth-order valence-electron chi connectivity index (χ4n) is 1.29. The lowest BCUT2D eigenvalue weighted by Gasteiger charge is -2.20. The van der Waals surface area contributed by atoms with Crippen LogP contribution in [0.15, 0.2) is 11.6 Å². The first-order chi connectivity index (χ1) is 7.52. The number of aliphatic carboxylic acids is 1. The molecule has 1 fully saturated rings. The maximum atomic E-state index is 11.7. The quantitative estimate of drug-likeness (QED) is 0.730. The topological polar surface area (TPSA) is 69.6 Å². The lowest BCUT2D eigenvalue weighted by molar-refractivity contribution is -0.140. The molecule has 6 heteroatoms. The summed E-state index contributed by atoms with van der Waals surface area (Å²) in [4.78, 5) is 23.9. The van der Waals surface area contributed by atoms with Gasteiger partial charge in [-0.25, -0.2) is 9.59 Å². The molecule has 0 radical (unpaired) electrons. The van der Waals surface area contributed by atoms with Crippen LogP contribution in [-0.4, -0.2) is 46.2 Å². The monoisotopic (exact) mass is 244 g/mol. The molecule has 1 saturated heterocycles. The van der Waals surface area contributed by atoms with Gasteiger partial charge >= 0.3 is 12.0 Å². The molecule has 0 aromatic heterocycles. The van der Waals surface area contributed by atoms with Gasteiger partial charge < -0.3 is 15.3 Å². The van der Waals surface area contributed by atoms with Crippen molar-refractivity contribution in [2.75, 3.05) is 18.2 Å². The third kappa shape index (κ3) is 3.44. The number of hydrogen-bond donors (Lipinski definition) is 2. The first-order valence-electron chi connectivity index (χ1n) is 5.00. The molecular formula is C10H16N2O3S. The van der Waals surface area contributed by atoms with Crippen LogP contribution in [-0.2, 0) is 4.79 Å². The van der Waals surface area contributed by atoms with E-state index in [0.29, 0.717) is 18.2 Å². The van der Waals surface area contributed by atoms with Crippen molar-refractivity contribution in [1.82, 2.24) is 10.2 Å². The molecule has 2 amide bonds. The predicted molar refractivity (Wildman–Crippen MR) is 63.4 cm³/mol. The van der Waals surface area contributed by atoms with Crippen molar-refractivity contribution in [3.63, 3.8) is 0 Å². The Kier molecular flexibility index (Phi) is 4.67. The highest BCUT2D eigenvalue weighted by molar-refractivity contribution is 7.99. The van der Waals surface area contributed by atoms with Crippen LogP contribution < -0.4 is 5.32 Å². The van der Waals surface area contributed by atoms with Crippen molar-refractivity contribution in [1.29, 1.82) is 0 Å². The molecule has 1 atom stereocenters. The summed E-state index contributed by atoms with van der Waals surface area (Å²) in [6.45, 7) is 4.32. The molecule has 90 valence electrons. The van der Waals surface area contributed by atoms with Crippen LogP contribution in [0.4, 0.5) is 4.79 Å². The minimum Gasteiger partial charge on any atom is -0.480 e. The Hall–Kier alpha value is -1.17. The van der Waals surface area contributed by atoms with E-state index in [4.69, 9.17) is 5.11 Å². The second kappa shape index (κ2) is 5.79. The van der Waals surface area contributed by atoms with E-state index in [1.165, 1.54) is 16.7 Å². The highest BCUT2D eigenvalue weighted by Crippen LogP contribution is 2.20. The van der Waals surface area contributed by atoms with Gasteiger partial charge in [0.05, 0.1) is 5.88 Å². The SMILES string of the molecule is CC(C)=CCNC(=O)N1CSC[C@H]1C(=O)O. The van der Waals surface area contributed by atoms with Crippen LogP contribution in [0.5, 0.6) is 0 Å². The van der Waals surface area contributed by atoms with Gasteiger partial charge in [0, 0.05) is 12.3 Å². The minimum atomic E-state index is -0.942. The van der Waals surface area contributed by atoms with Crippen molar-refractivity contribution in [3.05, 3.63) is 11.6 Å². The largest absolute Gasteiger partial charge is 0.480 e. The maximum Gasteiger partial charge on any atom is 0.327 e. The predicted octanol–water partition coefficient (Wildman–Crippen LogP) is 1.12. The average molecular weight is 244 g/mol. The molecule has 1 aliphatic rings. The second-order valence-electron chi connectivity index (χ2n) is 3.79. The van der Waals surface area contributed by atoms with Crippen molar-refractivity contribution in [2.45, 2.75) is 19.9 Å². The first-order valence-corrected chi connectivity index (χ1v) is 6.16. The van der Waals surface area contributed by atoms with Gasteiger partial charge in [0.1, 0.15) is 6.04 Å². The molecule has 0 bridgehead atoms. The normalized spacial score (nSPS) is 19.4. The van der Waals surface area contributed by atoms with Crippen LogP contribution in [0.25, 0.3) is 0 Å². The Balaban J connectivity index is 2.47. The summed E-state index contributed by atoms with van der Waals surface area (Å²) in [5.74, 6) is -0.0365. The summed E-state index contributed by atoms with van der Waals surface area (Å²) in [7, 11) is 0. The zero-order valence-electron chi connectivity index (χ0n) is 9.40. The Labute approximate surface area is 98.9 Å². The number of nitrogens with zero attached hydrogens (tertiary/aromatic N) is 1. The smallest absolute Gasteiger partial charge is 0.327 e. The summed E-state index contributed by atoms with van der Waals surface area (Å²) >= 11 is 1.46. The fourth-order valence-corrected chi connectivity index (χ4v) is 2.44. The molecule has 2 N–H and O–H groups in total. The minimum absolute atomic E-state index is 0.310. The van der Waals surface area contributed by atoms with Crippen LogP contribution in [0, 0.1) is 0 Å². The summed E-state index contributed by atoms with van der Waals surface area (Å²) < 4.78 is 0. The van der Waals surface area contributed by atoms with E-state index in [0.717, 1.165) is 5.57 Å². The number of carbonyl (C=O) groups is 2. The highest BCUT2D eigenvalue weighted by Gasteiger charge is 2.34. The maximum absolute atomic E-state index is 11.7. The number of rotatable bonds is 3. The van der Waals surface area contributed by atoms with Gasteiger partial charge in [-0.15, -0.1) is 11.8 Å². The number of thioether (sulfide) groups is 1. The number of carboxylic acid groups (broad SMARTS) is 1. The van der Waals surface area contributed by atoms with Crippen molar-refractivity contribution >= 4 is 23.8 Å². The Morgan fingerprint density at radius 1 is 1.56 bits per heavy atom. The van der Waals surface area contributed by atoms with Crippen molar-refractivity contribution < 1.29 is 14.7 Å². The molecule has 0 spiro atoms. The molecule has 0 aromatic rings. The molecule has 16 heavy (non-hydrogen) atoms. The molecule has 0 saturated carbocycles. The lowest BCUT2D eigenvalue weighted by atomic mass is 10.3. The van der Waals surface area contributed by atoms with Gasteiger partial charge in [0.2, 0.25) is 0 Å². The Morgan fingerprint density at radius 2 is 2.25 bits per heavy atom. The number of carbonyl (C=O) groups excluding carboxylic acids is 1.